The Balaban J connectivity index is 1.37. The number of nitrogens with zero attached hydrogens (tertiary/aromatic N) is 2. The van der Waals surface area contributed by atoms with Gasteiger partial charge in [0.25, 0.3) is 5.91 Å². The van der Waals surface area contributed by atoms with Crippen molar-refractivity contribution >= 4 is 28.8 Å². The quantitative estimate of drug-likeness (QED) is 0.908. The maximum Gasteiger partial charge on any atom is 0.261 e. The van der Waals surface area contributed by atoms with Crippen molar-refractivity contribution in [2.45, 2.75) is 25.7 Å². The van der Waals surface area contributed by atoms with Crippen molar-refractivity contribution in [3.8, 4) is 0 Å². The van der Waals surface area contributed by atoms with Gasteiger partial charge in [-0.05, 0) is 37.0 Å². The largest absolute Gasteiger partial charge is 0.351 e. The number of hydrogen-bond donors (Lipinski definition) is 1. The molecule has 0 bridgehead atoms. The van der Waals surface area contributed by atoms with Crippen LogP contribution in [0.5, 0.6) is 0 Å². The molecule has 4 rings (SSSR count). The van der Waals surface area contributed by atoms with Gasteiger partial charge in [0.1, 0.15) is 0 Å². The fourth-order valence-electron chi connectivity index (χ4n) is 3.01. The second-order valence-electron chi connectivity index (χ2n) is 6.30. The third-order valence-electron chi connectivity index (χ3n) is 4.48. The minimum Gasteiger partial charge on any atom is -0.351 e. The lowest BCUT2D eigenvalue weighted by Crippen LogP contribution is -2.30. The normalized spacial score (nSPS) is 16.1. The molecule has 0 aromatic carbocycles. The van der Waals surface area contributed by atoms with Gasteiger partial charge in [0, 0.05) is 42.7 Å². The molecule has 5 nitrogen and oxygen atoms in total. The Morgan fingerprint density at radius 2 is 2.25 bits per heavy atom. The van der Waals surface area contributed by atoms with Gasteiger partial charge in [0.05, 0.1) is 10.6 Å². The van der Waals surface area contributed by atoms with Gasteiger partial charge in [-0.25, -0.2) is 0 Å². The molecule has 1 saturated carbocycles. The number of hydrogen-bond acceptors (Lipinski definition) is 4. The lowest BCUT2D eigenvalue weighted by atomic mass is 10.2. The molecule has 2 aromatic rings. The summed E-state index contributed by atoms with van der Waals surface area (Å²) < 4.78 is 0. The van der Waals surface area contributed by atoms with E-state index in [9.17, 15) is 9.59 Å². The molecule has 1 aliphatic heterocycles. The maximum absolute atomic E-state index is 12.3. The molecule has 6 heteroatoms. The zero-order chi connectivity index (χ0) is 16.5. The molecule has 24 heavy (non-hydrogen) atoms. The first-order chi connectivity index (χ1) is 11.7. The average molecular weight is 341 g/mol. The number of fused-ring (bicyclic) bond motifs is 1. The van der Waals surface area contributed by atoms with E-state index in [2.05, 4.69) is 10.3 Å². The van der Waals surface area contributed by atoms with Gasteiger partial charge >= 0.3 is 0 Å². The van der Waals surface area contributed by atoms with Crippen LogP contribution in [0.1, 0.15) is 33.0 Å². The Bertz CT molecular complexity index is 768. The molecule has 2 aromatic heterocycles. The van der Waals surface area contributed by atoms with Gasteiger partial charge in [-0.2, -0.15) is 0 Å². The van der Waals surface area contributed by atoms with E-state index < -0.39 is 0 Å². The first-order valence-electron chi connectivity index (χ1n) is 8.33. The van der Waals surface area contributed by atoms with Crippen LogP contribution in [-0.2, 0) is 17.6 Å². The predicted octanol–water partition coefficient (Wildman–Crippen LogP) is 2.41. The Hall–Kier alpha value is -2.21. The molecule has 1 aliphatic carbocycles. The second kappa shape index (κ2) is 6.36. The summed E-state index contributed by atoms with van der Waals surface area (Å²) in [4.78, 5) is 32.4. The topological polar surface area (TPSA) is 62.3 Å². The number of rotatable bonds is 5. The van der Waals surface area contributed by atoms with Crippen molar-refractivity contribution in [2.24, 2.45) is 5.92 Å². The molecular weight excluding hydrogens is 322 g/mol. The van der Waals surface area contributed by atoms with E-state index in [0.717, 1.165) is 48.4 Å². The molecule has 0 saturated heterocycles. The summed E-state index contributed by atoms with van der Waals surface area (Å²) in [6.45, 7) is 1.34. The molecule has 0 atom stereocenters. The Morgan fingerprint density at radius 1 is 1.38 bits per heavy atom. The van der Waals surface area contributed by atoms with E-state index in [-0.39, 0.29) is 17.7 Å². The van der Waals surface area contributed by atoms with Gasteiger partial charge < -0.3 is 10.2 Å². The summed E-state index contributed by atoms with van der Waals surface area (Å²) in [5.41, 5.74) is 2.06. The SMILES string of the molecule is O=C(NCCc1cccnc1)c1cc2c(s1)CCN2C(=O)C1CC1. The summed E-state index contributed by atoms with van der Waals surface area (Å²) in [6, 6.07) is 5.78. The van der Waals surface area contributed by atoms with Gasteiger partial charge in [-0.15, -0.1) is 11.3 Å². The number of carbonyl (C=O) groups is 2. The van der Waals surface area contributed by atoms with Crippen LogP contribution in [0.2, 0.25) is 0 Å². The molecule has 2 amide bonds. The van der Waals surface area contributed by atoms with Crippen LogP contribution in [0.4, 0.5) is 5.69 Å². The van der Waals surface area contributed by atoms with Gasteiger partial charge in [-0.3, -0.25) is 14.6 Å². The maximum atomic E-state index is 12.3. The van der Waals surface area contributed by atoms with E-state index in [1.54, 1.807) is 6.20 Å². The number of amides is 2. The van der Waals surface area contributed by atoms with Crippen LogP contribution in [0.3, 0.4) is 0 Å². The van der Waals surface area contributed by atoms with Gasteiger partial charge in [0.2, 0.25) is 5.91 Å². The van der Waals surface area contributed by atoms with E-state index in [0.29, 0.717) is 11.4 Å². The molecule has 0 spiro atoms. The molecular formula is C18H19N3O2S. The van der Waals surface area contributed by atoms with Crippen LogP contribution >= 0.6 is 11.3 Å². The summed E-state index contributed by atoms with van der Waals surface area (Å²) in [5, 5.41) is 2.96. The highest BCUT2D eigenvalue weighted by molar-refractivity contribution is 7.14. The van der Waals surface area contributed by atoms with E-state index >= 15 is 0 Å². The van der Waals surface area contributed by atoms with Crippen molar-refractivity contribution < 1.29 is 9.59 Å². The monoisotopic (exact) mass is 341 g/mol. The lowest BCUT2D eigenvalue weighted by Gasteiger charge is -2.15. The number of nitrogens with one attached hydrogen (secondary N) is 1. The first kappa shape index (κ1) is 15.3. The number of anilines is 1. The van der Waals surface area contributed by atoms with Crippen molar-refractivity contribution in [1.29, 1.82) is 0 Å². The zero-order valence-corrected chi connectivity index (χ0v) is 14.1. The van der Waals surface area contributed by atoms with Gasteiger partial charge in [0.15, 0.2) is 0 Å². The lowest BCUT2D eigenvalue weighted by molar-refractivity contribution is -0.119. The van der Waals surface area contributed by atoms with Crippen LogP contribution in [0, 0.1) is 5.92 Å². The highest BCUT2D eigenvalue weighted by Gasteiger charge is 2.37. The highest BCUT2D eigenvalue weighted by atomic mass is 32.1. The van der Waals surface area contributed by atoms with Crippen molar-refractivity contribution in [2.75, 3.05) is 18.0 Å². The van der Waals surface area contributed by atoms with Gasteiger partial charge in [-0.1, -0.05) is 6.07 Å². The zero-order valence-electron chi connectivity index (χ0n) is 13.3. The minimum atomic E-state index is -0.0582. The number of pyridine rings is 1. The van der Waals surface area contributed by atoms with E-state index in [1.807, 2.05) is 29.3 Å². The Labute approximate surface area is 144 Å². The smallest absolute Gasteiger partial charge is 0.261 e. The van der Waals surface area contributed by atoms with Crippen molar-refractivity contribution in [1.82, 2.24) is 10.3 Å². The third-order valence-corrected chi connectivity index (χ3v) is 5.66. The summed E-state index contributed by atoms with van der Waals surface area (Å²) >= 11 is 1.51. The van der Waals surface area contributed by atoms with Crippen LogP contribution in [-0.4, -0.2) is 29.9 Å². The molecule has 0 unspecified atom stereocenters. The number of aromatic nitrogens is 1. The molecule has 124 valence electrons. The first-order valence-corrected chi connectivity index (χ1v) is 9.15. The molecule has 1 fully saturated rings. The molecule has 0 radical (unpaired) electrons. The van der Waals surface area contributed by atoms with Crippen LogP contribution < -0.4 is 10.2 Å². The van der Waals surface area contributed by atoms with Crippen molar-refractivity contribution in [3.63, 3.8) is 0 Å². The fourth-order valence-corrected chi connectivity index (χ4v) is 4.07. The van der Waals surface area contributed by atoms with Crippen LogP contribution in [0.15, 0.2) is 30.6 Å². The average Bonchev–Trinajstić information content (AvgIpc) is 3.24. The van der Waals surface area contributed by atoms with Crippen LogP contribution in [0.25, 0.3) is 0 Å². The third kappa shape index (κ3) is 3.06. The number of carbonyl (C=O) groups excluding carboxylic acids is 2. The predicted molar refractivity (Wildman–Crippen MR) is 93.4 cm³/mol. The standard InChI is InChI=1S/C18H19N3O2S/c22-17(20-8-5-12-2-1-7-19-11-12)16-10-14-15(24-16)6-9-21(14)18(23)13-3-4-13/h1-2,7,10-11,13H,3-6,8-9H2,(H,20,22). The summed E-state index contributed by atoms with van der Waals surface area (Å²) in [6.07, 6.45) is 7.20. The summed E-state index contributed by atoms with van der Waals surface area (Å²) in [7, 11) is 0. The Kier molecular flexibility index (Phi) is 4.06. The Morgan fingerprint density at radius 3 is 3.00 bits per heavy atom. The minimum absolute atomic E-state index is 0.0582. The van der Waals surface area contributed by atoms with E-state index in [1.165, 1.54) is 11.3 Å². The van der Waals surface area contributed by atoms with E-state index in [4.69, 9.17) is 0 Å². The second-order valence-corrected chi connectivity index (χ2v) is 7.44. The van der Waals surface area contributed by atoms with Crippen molar-refractivity contribution in [3.05, 3.63) is 45.9 Å². The molecule has 2 aliphatic rings. The number of thiophene rings is 1. The molecule has 3 heterocycles. The highest BCUT2D eigenvalue weighted by Crippen LogP contribution is 2.40. The summed E-state index contributed by atoms with van der Waals surface area (Å²) in [5.74, 6) is 0.389. The fraction of sp³-hybridized carbons (Fsp3) is 0.389. The molecule has 1 N–H and O–H groups in total.